The number of hydrogen-bond acceptors (Lipinski definition) is 3. The quantitative estimate of drug-likeness (QED) is 0.620. The lowest BCUT2D eigenvalue weighted by Gasteiger charge is -2.07. The second kappa shape index (κ2) is 5.59. The standard InChI is InChI=1S/C18H14N2O/c1-2-13-12-17(21)18(16-11-7-6-10-15(13)16)20-19-14-8-4-3-5-9-14/h2-12,21H,1H2. The number of hydrogen-bond donors (Lipinski definition) is 1. The lowest BCUT2D eigenvalue weighted by atomic mass is 10.0. The minimum absolute atomic E-state index is 0.100. The van der Waals surface area contributed by atoms with Crippen LogP contribution in [0.15, 0.2) is 77.5 Å². The number of nitrogens with zero attached hydrogens (tertiary/aromatic N) is 2. The van der Waals surface area contributed by atoms with Crippen LogP contribution < -0.4 is 0 Å². The molecule has 0 saturated carbocycles. The highest BCUT2D eigenvalue weighted by Gasteiger charge is 2.09. The Hall–Kier alpha value is -2.94. The van der Waals surface area contributed by atoms with Crippen molar-refractivity contribution in [3.63, 3.8) is 0 Å². The van der Waals surface area contributed by atoms with Crippen molar-refractivity contribution < 1.29 is 5.11 Å². The number of fused-ring (bicyclic) bond motifs is 1. The van der Waals surface area contributed by atoms with Gasteiger partial charge in [0.1, 0.15) is 11.4 Å². The third-order valence-corrected chi connectivity index (χ3v) is 3.27. The molecule has 3 nitrogen and oxygen atoms in total. The van der Waals surface area contributed by atoms with E-state index < -0.39 is 0 Å². The summed E-state index contributed by atoms with van der Waals surface area (Å²) in [7, 11) is 0. The Morgan fingerprint density at radius 2 is 1.52 bits per heavy atom. The van der Waals surface area contributed by atoms with Crippen molar-refractivity contribution in [1.29, 1.82) is 0 Å². The van der Waals surface area contributed by atoms with Crippen LogP contribution in [0.3, 0.4) is 0 Å². The monoisotopic (exact) mass is 274 g/mol. The molecule has 0 aliphatic heterocycles. The number of aromatic hydroxyl groups is 1. The largest absolute Gasteiger partial charge is 0.506 e. The van der Waals surface area contributed by atoms with Crippen LogP contribution in [0, 0.1) is 0 Å². The summed E-state index contributed by atoms with van der Waals surface area (Å²) in [5.41, 5.74) is 2.09. The van der Waals surface area contributed by atoms with Gasteiger partial charge in [-0.1, -0.05) is 55.1 Å². The Labute approximate surface area is 122 Å². The average Bonchev–Trinajstić information content (AvgIpc) is 2.54. The van der Waals surface area contributed by atoms with Gasteiger partial charge in [-0.3, -0.25) is 0 Å². The summed E-state index contributed by atoms with van der Waals surface area (Å²) in [6.45, 7) is 3.78. The van der Waals surface area contributed by atoms with Crippen molar-refractivity contribution in [3.8, 4) is 5.75 Å². The summed E-state index contributed by atoms with van der Waals surface area (Å²) in [6.07, 6.45) is 1.72. The van der Waals surface area contributed by atoms with Crippen molar-refractivity contribution in [1.82, 2.24) is 0 Å². The van der Waals surface area contributed by atoms with Crippen LogP contribution in [0.2, 0.25) is 0 Å². The van der Waals surface area contributed by atoms with Gasteiger partial charge in [0.25, 0.3) is 0 Å². The van der Waals surface area contributed by atoms with E-state index in [1.807, 2.05) is 54.6 Å². The van der Waals surface area contributed by atoms with Crippen LogP contribution in [0.25, 0.3) is 16.8 Å². The molecule has 0 atom stereocenters. The summed E-state index contributed by atoms with van der Waals surface area (Å²) < 4.78 is 0. The molecule has 3 aromatic rings. The van der Waals surface area contributed by atoms with Gasteiger partial charge in [-0.2, -0.15) is 5.11 Å². The van der Waals surface area contributed by atoms with E-state index in [2.05, 4.69) is 16.8 Å². The predicted molar refractivity (Wildman–Crippen MR) is 86.3 cm³/mol. The zero-order valence-corrected chi connectivity index (χ0v) is 11.4. The summed E-state index contributed by atoms with van der Waals surface area (Å²) in [5.74, 6) is 0.100. The number of phenols is 1. The molecule has 0 unspecified atom stereocenters. The zero-order chi connectivity index (χ0) is 14.7. The molecule has 0 radical (unpaired) electrons. The first kappa shape index (κ1) is 13.1. The summed E-state index contributed by atoms with van der Waals surface area (Å²) >= 11 is 0. The van der Waals surface area contributed by atoms with E-state index in [1.165, 1.54) is 0 Å². The molecule has 0 aliphatic carbocycles. The number of phenolic OH excluding ortho intramolecular Hbond substituents is 1. The minimum Gasteiger partial charge on any atom is -0.506 e. The maximum absolute atomic E-state index is 10.2. The fraction of sp³-hybridized carbons (Fsp3) is 0. The lowest BCUT2D eigenvalue weighted by Crippen LogP contribution is -1.80. The number of rotatable bonds is 3. The van der Waals surface area contributed by atoms with Crippen LogP contribution in [0.4, 0.5) is 11.4 Å². The first-order chi connectivity index (χ1) is 10.3. The molecule has 1 N–H and O–H groups in total. The third kappa shape index (κ3) is 2.54. The Balaban J connectivity index is 2.17. The van der Waals surface area contributed by atoms with E-state index in [-0.39, 0.29) is 5.75 Å². The van der Waals surface area contributed by atoms with Crippen LogP contribution >= 0.6 is 0 Å². The first-order valence-corrected chi connectivity index (χ1v) is 6.63. The predicted octanol–water partition coefficient (Wildman–Crippen LogP) is 5.60. The fourth-order valence-electron chi connectivity index (χ4n) is 2.25. The minimum atomic E-state index is 0.100. The van der Waals surface area contributed by atoms with E-state index >= 15 is 0 Å². The number of benzene rings is 3. The third-order valence-electron chi connectivity index (χ3n) is 3.27. The van der Waals surface area contributed by atoms with Crippen LogP contribution in [-0.4, -0.2) is 5.11 Å². The summed E-state index contributed by atoms with van der Waals surface area (Å²) in [4.78, 5) is 0. The molecule has 3 heteroatoms. The van der Waals surface area contributed by atoms with Crippen molar-refractivity contribution >= 4 is 28.2 Å². The van der Waals surface area contributed by atoms with Crippen LogP contribution in [0.1, 0.15) is 5.56 Å². The second-order valence-corrected chi connectivity index (χ2v) is 4.62. The molecule has 0 aromatic heterocycles. The van der Waals surface area contributed by atoms with Gasteiger partial charge in [-0.05, 0) is 29.1 Å². The Morgan fingerprint density at radius 3 is 2.24 bits per heavy atom. The molecule has 102 valence electrons. The molecule has 0 fully saturated rings. The van der Waals surface area contributed by atoms with Gasteiger partial charge in [0.2, 0.25) is 0 Å². The van der Waals surface area contributed by atoms with Crippen molar-refractivity contribution in [2.45, 2.75) is 0 Å². The van der Waals surface area contributed by atoms with E-state index in [9.17, 15) is 5.11 Å². The Morgan fingerprint density at radius 1 is 0.857 bits per heavy atom. The maximum Gasteiger partial charge on any atom is 0.144 e. The highest BCUT2D eigenvalue weighted by atomic mass is 16.3. The van der Waals surface area contributed by atoms with Gasteiger partial charge >= 0.3 is 0 Å². The maximum atomic E-state index is 10.2. The molecular weight excluding hydrogens is 260 g/mol. The van der Waals surface area contributed by atoms with E-state index in [0.29, 0.717) is 5.69 Å². The van der Waals surface area contributed by atoms with Crippen LogP contribution in [-0.2, 0) is 0 Å². The van der Waals surface area contributed by atoms with E-state index in [1.54, 1.807) is 12.1 Å². The topological polar surface area (TPSA) is 45.0 Å². The van der Waals surface area contributed by atoms with Crippen LogP contribution in [0.5, 0.6) is 5.75 Å². The smallest absolute Gasteiger partial charge is 0.144 e. The fourth-order valence-corrected chi connectivity index (χ4v) is 2.25. The molecule has 0 bridgehead atoms. The van der Waals surface area contributed by atoms with E-state index in [0.717, 1.165) is 22.0 Å². The summed E-state index contributed by atoms with van der Waals surface area (Å²) in [5, 5.41) is 20.4. The number of azo groups is 1. The normalized spacial score (nSPS) is 11.0. The molecule has 3 aromatic carbocycles. The molecule has 0 heterocycles. The summed E-state index contributed by atoms with van der Waals surface area (Å²) in [6, 6.07) is 18.9. The van der Waals surface area contributed by atoms with E-state index in [4.69, 9.17) is 0 Å². The molecular formula is C18H14N2O. The van der Waals surface area contributed by atoms with Gasteiger partial charge < -0.3 is 5.11 Å². The molecule has 3 rings (SSSR count). The second-order valence-electron chi connectivity index (χ2n) is 4.62. The van der Waals surface area contributed by atoms with Crippen molar-refractivity contribution in [2.75, 3.05) is 0 Å². The zero-order valence-electron chi connectivity index (χ0n) is 11.4. The molecule has 21 heavy (non-hydrogen) atoms. The van der Waals surface area contributed by atoms with Gasteiger partial charge in [-0.15, -0.1) is 5.11 Å². The van der Waals surface area contributed by atoms with Gasteiger partial charge in [-0.25, -0.2) is 0 Å². The molecule has 0 aliphatic rings. The van der Waals surface area contributed by atoms with Crippen molar-refractivity contribution in [3.05, 3.63) is 72.8 Å². The Bertz CT molecular complexity index is 823. The van der Waals surface area contributed by atoms with Crippen molar-refractivity contribution in [2.24, 2.45) is 10.2 Å². The first-order valence-electron chi connectivity index (χ1n) is 6.63. The molecule has 0 saturated heterocycles. The lowest BCUT2D eigenvalue weighted by molar-refractivity contribution is 0.477. The average molecular weight is 274 g/mol. The highest BCUT2D eigenvalue weighted by Crippen LogP contribution is 2.38. The van der Waals surface area contributed by atoms with Gasteiger partial charge in [0.15, 0.2) is 0 Å². The SMILES string of the molecule is C=Cc1cc(O)c(N=Nc2ccccc2)c2ccccc12. The van der Waals surface area contributed by atoms with Gasteiger partial charge in [0.05, 0.1) is 5.69 Å². The Kier molecular flexibility index (Phi) is 3.48. The molecule has 0 amide bonds. The van der Waals surface area contributed by atoms with Gasteiger partial charge in [0, 0.05) is 5.39 Å². The molecule has 0 spiro atoms. The highest BCUT2D eigenvalue weighted by molar-refractivity contribution is 6.00.